The highest BCUT2D eigenvalue weighted by Crippen LogP contribution is 2.50. The van der Waals surface area contributed by atoms with Crippen LogP contribution in [0, 0.1) is 5.41 Å². The number of fused-ring (bicyclic) bond motifs is 1. The van der Waals surface area contributed by atoms with Crippen molar-refractivity contribution in [2.24, 2.45) is 5.41 Å². The number of halogens is 4. The molecule has 4 nitrogen and oxygen atoms in total. The summed E-state index contributed by atoms with van der Waals surface area (Å²) in [5.74, 6) is 0.658. The first-order valence-electron chi connectivity index (χ1n) is 9.88. The van der Waals surface area contributed by atoms with E-state index in [-0.39, 0.29) is 15.6 Å². The molecule has 0 radical (unpaired) electrons. The zero-order valence-corrected chi connectivity index (χ0v) is 17.6. The van der Waals surface area contributed by atoms with Crippen LogP contribution in [0.2, 0.25) is 5.28 Å². The van der Waals surface area contributed by atoms with E-state index in [0.717, 1.165) is 49.4 Å². The lowest BCUT2D eigenvalue weighted by Crippen LogP contribution is -2.46. The quantitative estimate of drug-likeness (QED) is 0.499. The molecule has 1 aliphatic carbocycles. The molecule has 1 saturated heterocycles. The standard InChI is InChI=1S/C21H20ClF3N4S/c22-19-27-17(16-8-15(11-21(23,24)25)30-18(16)28-19)29-7-6-20(12-29)9-14(10-20)26-13-4-2-1-3-5-13/h1-5,8,14,26H,6-7,9-12H2. The smallest absolute Gasteiger partial charge is 0.382 e. The van der Waals surface area contributed by atoms with Crippen LogP contribution in [0.15, 0.2) is 36.4 Å². The van der Waals surface area contributed by atoms with Gasteiger partial charge in [-0.2, -0.15) is 18.2 Å². The van der Waals surface area contributed by atoms with Crippen LogP contribution in [0.5, 0.6) is 0 Å². The fourth-order valence-corrected chi connectivity index (χ4v) is 6.03. The number of hydrogen-bond acceptors (Lipinski definition) is 5. The van der Waals surface area contributed by atoms with Crippen molar-refractivity contribution in [1.29, 1.82) is 0 Å². The molecule has 2 aromatic heterocycles. The Morgan fingerprint density at radius 1 is 1.20 bits per heavy atom. The largest absolute Gasteiger partial charge is 0.393 e. The minimum Gasteiger partial charge on any atom is -0.382 e. The van der Waals surface area contributed by atoms with E-state index >= 15 is 0 Å². The van der Waals surface area contributed by atoms with E-state index in [4.69, 9.17) is 11.6 Å². The third-order valence-corrected chi connectivity index (χ3v) is 7.21. The summed E-state index contributed by atoms with van der Waals surface area (Å²) in [7, 11) is 0. The van der Waals surface area contributed by atoms with Crippen molar-refractivity contribution in [3.05, 3.63) is 46.6 Å². The molecule has 0 amide bonds. The molecule has 1 aromatic carbocycles. The third kappa shape index (κ3) is 3.95. The number of thiophene rings is 1. The fraction of sp³-hybridized carbons (Fsp3) is 0.429. The molecule has 0 bridgehead atoms. The van der Waals surface area contributed by atoms with Gasteiger partial charge in [-0.05, 0) is 54.5 Å². The zero-order chi connectivity index (χ0) is 20.9. The first kappa shape index (κ1) is 19.9. The summed E-state index contributed by atoms with van der Waals surface area (Å²) < 4.78 is 38.5. The Hall–Kier alpha value is -2.06. The number of nitrogens with one attached hydrogen (secondary N) is 1. The van der Waals surface area contributed by atoms with Crippen LogP contribution < -0.4 is 10.2 Å². The Morgan fingerprint density at radius 2 is 1.97 bits per heavy atom. The Kier molecular flexibility index (Phi) is 4.82. The summed E-state index contributed by atoms with van der Waals surface area (Å²) in [6.45, 7) is 1.66. The monoisotopic (exact) mass is 452 g/mol. The van der Waals surface area contributed by atoms with Crippen molar-refractivity contribution < 1.29 is 13.2 Å². The number of aromatic nitrogens is 2. The summed E-state index contributed by atoms with van der Waals surface area (Å²) >= 11 is 7.14. The van der Waals surface area contributed by atoms with E-state index in [1.54, 1.807) is 6.07 Å². The molecule has 1 spiro atoms. The van der Waals surface area contributed by atoms with Gasteiger partial charge in [-0.15, -0.1) is 11.3 Å². The molecule has 3 aromatic rings. The van der Waals surface area contributed by atoms with Crippen molar-refractivity contribution in [2.75, 3.05) is 23.3 Å². The highest BCUT2D eigenvalue weighted by Gasteiger charge is 2.49. The minimum atomic E-state index is -4.25. The van der Waals surface area contributed by atoms with Gasteiger partial charge in [0.25, 0.3) is 0 Å². The van der Waals surface area contributed by atoms with Gasteiger partial charge in [0.05, 0.1) is 11.8 Å². The summed E-state index contributed by atoms with van der Waals surface area (Å²) in [5, 5.41) is 4.32. The summed E-state index contributed by atoms with van der Waals surface area (Å²) in [5.41, 5.74) is 1.35. The normalized spacial score (nSPS) is 23.9. The predicted molar refractivity (Wildman–Crippen MR) is 115 cm³/mol. The van der Waals surface area contributed by atoms with Crippen LogP contribution in [0.1, 0.15) is 24.1 Å². The van der Waals surface area contributed by atoms with Gasteiger partial charge in [-0.25, -0.2) is 4.98 Å². The Bertz CT molecular complexity index is 1060. The average molecular weight is 453 g/mol. The molecular formula is C21H20ClF3N4S. The number of anilines is 2. The number of nitrogens with zero attached hydrogens (tertiary/aromatic N) is 3. The predicted octanol–water partition coefficient (Wildman–Crippen LogP) is 5.92. The Labute approximate surface area is 181 Å². The number of rotatable bonds is 4. The van der Waals surface area contributed by atoms with Gasteiger partial charge in [-0.3, -0.25) is 0 Å². The van der Waals surface area contributed by atoms with E-state index in [2.05, 4.69) is 32.3 Å². The second kappa shape index (κ2) is 7.27. The van der Waals surface area contributed by atoms with Crippen molar-refractivity contribution in [1.82, 2.24) is 9.97 Å². The van der Waals surface area contributed by atoms with E-state index < -0.39 is 12.6 Å². The second-order valence-corrected chi connectivity index (χ2v) is 9.78. The molecule has 1 aliphatic heterocycles. The maximum atomic E-state index is 12.8. The average Bonchev–Trinajstić information content (AvgIpc) is 3.24. The van der Waals surface area contributed by atoms with Gasteiger partial charge in [0.2, 0.25) is 5.28 Å². The van der Waals surface area contributed by atoms with Crippen molar-refractivity contribution in [3.63, 3.8) is 0 Å². The number of para-hydroxylation sites is 1. The zero-order valence-electron chi connectivity index (χ0n) is 16.0. The first-order chi connectivity index (χ1) is 14.3. The number of hydrogen-bond donors (Lipinski definition) is 1. The van der Waals surface area contributed by atoms with Crippen LogP contribution in [-0.4, -0.2) is 35.3 Å². The Morgan fingerprint density at radius 3 is 2.70 bits per heavy atom. The number of benzene rings is 1. The summed E-state index contributed by atoms with van der Waals surface area (Å²) in [6, 6.07) is 12.2. The summed E-state index contributed by atoms with van der Waals surface area (Å²) in [4.78, 5) is 11.5. The van der Waals surface area contributed by atoms with Gasteiger partial charge in [-0.1, -0.05) is 18.2 Å². The fourth-order valence-electron chi connectivity index (χ4n) is 4.76. The van der Waals surface area contributed by atoms with Crippen molar-refractivity contribution in [3.8, 4) is 0 Å². The molecule has 30 heavy (non-hydrogen) atoms. The van der Waals surface area contributed by atoms with Crippen LogP contribution in [0.25, 0.3) is 10.2 Å². The van der Waals surface area contributed by atoms with Crippen LogP contribution in [0.3, 0.4) is 0 Å². The van der Waals surface area contributed by atoms with Crippen LogP contribution >= 0.6 is 22.9 Å². The first-order valence-corrected chi connectivity index (χ1v) is 11.1. The van der Waals surface area contributed by atoms with Crippen LogP contribution in [0.4, 0.5) is 24.7 Å². The summed E-state index contributed by atoms with van der Waals surface area (Å²) in [6.07, 6.45) is -2.01. The molecule has 158 valence electrons. The van der Waals surface area contributed by atoms with E-state index in [0.29, 0.717) is 22.1 Å². The van der Waals surface area contributed by atoms with Gasteiger partial charge in [0.1, 0.15) is 10.6 Å². The lowest BCUT2D eigenvalue weighted by Gasteiger charge is -2.46. The minimum absolute atomic E-state index is 0.0797. The molecule has 1 N–H and O–H groups in total. The second-order valence-electron chi connectivity index (χ2n) is 8.33. The molecule has 0 atom stereocenters. The van der Waals surface area contributed by atoms with E-state index in [1.807, 2.05) is 18.2 Å². The molecule has 2 fully saturated rings. The molecule has 1 saturated carbocycles. The molecule has 9 heteroatoms. The van der Waals surface area contributed by atoms with Gasteiger partial charge in [0, 0.05) is 29.7 Å². The highest BCUT2D eigenvalue weighted by atomic mass is 35.5. The maximum absolute atomic E-state index is 12.8. The van der Waals surface area contributed by atoms with Gasteiger partial charge >= 0.3 is 6.18 Å². The maximum Gasteiger partial charge on any atom is 0.393 e. The van der Waals surface area contributed by atoms with Gasteiger partial charge < -0.3 is 10.2 Å². The topological polar surface area (TPSA) is 41.0 Å². The van der Waals surface area contributed by atoms with Crippen molar-refractivity contribution >= 4 is 44.7 Å². The Balaban J connectivity index is 1.32. The lowest BCUT2D eigenvalue weighted by atomic mass is 9.65. The molecule has 5 rings (SSSR count). The van der Waals surface area contributed by atoms with E-state index in [9.17, 15) is 13.2 Å². The molecular weight excluding hydrogens is 433 g/mol. The third-order valence-electron chi connectivity index (χ3n) is 6.01. The SMILES string of the molecule is FC(F)(F)Cc1cc2c(N3CCC4(CC(Nc5ccccc5)C4)C3)nc(Cl)nc2s1. The molecule has 2 aliphatic rings. The van der Waals surface area contributed by atoms with Crippen LogP contribution in [-0.2, 0) is 6.42 Å². The lowest BCUT2D eigenvalue weighted by molar-refractivity contribution is -0.126. The highest BCUT2D eigenvalue weighted by molar-refractivity contribution is 7.18. The molecule has 0 unspecified atom stereocenters. The van der Waals surface area contributed by atoms with Crippen molar-refractivity contribution in [2.45, 2.75) is 37.9 Å². The van der Waals surface area contributed by atoms with Gasteiger partial charge in [0.15, 0.2) is 0 Å². The van der Waals surface area contributed by atoms with E-state index in [1.165, 1.54) is 0 Å². The molecule has 3 heterocycles. The number of alkyl halides is 3.